The van der Waals surface area contributed by atoms with E-state index in [0.717, 1.165) is 0 Å². The van der Waals surface area contributed by atoms with Crippen molar-refractivity contribution >= 4 is 65.6 Å². The molecule has 0 amide bonds. The molecule has 0 aliphatic carbocycles. The number of benzene rings is 8. The van der Waals surface area contributed by atoms with Gasteiger partial charge < -0.3 is 14.7 Å². The fraction of sp³-hybridized carbons (Fsp3) is 0. The summed E-state index contributed by atoms with van der Waals surface area (Å²) < 4.78 is 0. The van der Waals surface area contributed by atoms with Gasteiger partial charge in [-0.2, -0.15) is 8.60 Å². The van der Waals surface area contributed by atoms with Crippen molar-refractivity contribution in [2.45, 2.75) is 0 Å². The van der Waals surface area contributed by atoms with Crippen LogP contribution in [0.3, 0.4) is 0 Å². The Morgan fingerprint density at radius 1 is 0.241 bits per heavy atom. The number of hydrogen-bond donors (Lipinski definition) is 1. The van der Waals surface area contributed by atoms with Gasteiger partial charge in [0.15, 0.2) is 0 Å². The van der Waals surface area contributed by atoms with Crippen LogP contribution < -0.4 is 52.2 Å². The molecule has 0 radical (unpaired) electrons. The maximum atomic E-state index is 8.59. The lowest BCUT2D eigenvalue weighted by atomic mass is 10.3. The van der Waals surface area contributed by atoms with E-state index in [1.54, 1.807) is 0 Å². The van der Waals surface area contributed by atoms with Crippen LogP contribution in [0.2, 0.25) is 0 Å². The lowest BCUT2D eigenvalue weighted by molar-refractivity contribution is -0.313. The maximum Gasteiger partial charge on any atom is 0.144 e. The topological polar surface area (TPSA) is 66.3 Å². The Kier molecular flexibility index (Phi) is 13.8. The quantitative estimate of drug-likeness (QED) is 0.179. The third-order valence-electron chi connectivity index (χ3n) is 9.15. The molecule has 0 unspecified atom stereocenters. The molecule has 0 atom stereocenters. The maximum absolute atomic E-state index is 8.59. The normalized spacial score (nSPS) is 11.0. The summed E-state index contributed by atoms with van der Waals surface area (Å²) in [4.78, 5) is 24.2. The Bertz CT molecular complexity index is 1740. The van der Waals surface area contributed by atoms with Crippen LogP contribution in [0, 0.1) is 0 Å². The van der Waals surface area contributed by atoms with Crippen molar-refractivity contribution in [3.8, 4) is 0 Å². The van der Waals surface area contributed by atoms with E-state index in [9.17, 15) is 0 Å². The third kappa shape index (κ3) is 8.66. The minimum atomic E-state index is -3.12. The Balaban J connectivity index is 0.000000168. The fourth-order valence-electron chi connectivity index (χ4n) is 7.00. The van der Waals surface area contributed by atoms with Gasteiger partial charge in [-0.05, 0) is 97.1 Å². The zero-order valence-corrected chi connectivity index (χ0v) is 32.4. The molecule has 0 aliphatic rings. The molecule has 8 aromatic carbocycles. The summed E-state index contributed by atoms with van der Waals surface area (Å²) in [7, 11) is -6.93. The molecule has 0 heterocycles. The Hall–Kier alpha value is -5.07. The summed E-state index contributed by atoms with van der Waals surface area (Å²) in [6, 6.07) is 87.7. The van der Waals surface area contributed by atoms with Gasteiger partial charge in [-0.25, -0.2) is 0 Å². The highest BCUT2D eigenvalue weighted by atomic mass is 31.2. The highest BCUT2D eigenvalue weighted by molar-refractivity contribution is 8.02. The average molecular weight is 759 g/mol. The van der Waals surface area contributed by atoms with Crippen molar-refractivity contribution in [3.63, 3.8) is 0 Å². The standard InChI is InChI=1S/2C24H20P.HO3P/c2*1-5-13-21(14-6-1)25(22-15-7-2-8-16-22,23-17-9-3-10-18-23)24-19-11-4-12-20-24;1-4(2)3/h2*1-20H;1H/q2*+1;-2. The van der Waals surface area contributed by atoms with E-state index in [0.29, 0.717) is 0 Å². The fourth-order valence-corrected chi connectivity index (χ4v) is 15.5. The first kappa shape index (κ1) is 38.6. The van der Waals surface area contributed by atoms with Crippen LogP contribution in [0.1, 0.15) is 0 Å². The van der Waals surface area contributed by atoms with Gasteiger partial charge >= 0.3 is 0 Å². The van der Waals surface area contributed by atoms with E-state index < -0.39 is 23.1 Å². The van der Waals surface area contributed by atoms with Crippen molar-refractivity contribution in [3.05, 3.63) is 243 Å². The molecule has 0 saturated heterocycles. The van der Waals surface area contributed by atoms with E-state index in [4.69, 9.17) is 14.7 Å². The van der Waals surface area contributed by atoms with E-state index in [2.05, 4.69) is 243 Å². The molecule has 0 aliphatic heterocycles. The van der Waals surface area contributed by atoms with Crippen molar-refractivity contribution in [2.24, 2.45) is 0 Å². The highest BCUT2D eigenvalue weighted by Crippen LogP contribution is 2.55. The molecule has 6 heteroatoms. The summed E-state index contributed by atoms with van der Waals surface area (Å²) >= 11 is 0. The molecule has 8 aromatic rings. The van der Waals surface area contributed by atoms with Crippen LogP contribution in [0.25, 0.3) is 0 Å². The molecule has 8 rings (SSSR count). The van der Waals surface area contributed by atoms with Crippen LogP contribution >= 0.6 is 23.1 Å². The van der Waals surface area contributed by atoms with Crippen LogP contribution in [0.5, 0.6) is 0 Å². The van der Waals surface area contributed by atoms with E-state index >= 15 is 0 Å². The zero-order valence-electron chi connectivity index (χ0n) is 29.7. The molecule has 0 spiro atoms. The summed E-state index contributed by atoms with van der Waals surface area (Å²) in [6.45, 7) is 0. The van der Waals surface area contributed by atoms with Gasteiger partial charge in [-0.3, -0.25) is 0 Å². The second-order valence-corrected chi connectivity index (χ2v) is 19.6. The first-order valence-electron chi connectivity index (χ1n) is 17.6. The molecule has 0 fully saturated rings. The van der Waals surface area contributed by atoms with Gasteiger partial charge in [0, 0.05) is 0 Å². The summed E-state index contributed by atoms with van der Waals surface area (Å²) in [6.07, 6.45) is 0. The summed E-state index contributed by atoms with van der Waals surface area (Å²) in [5, 5.41) is 11.1. The second-order valence-electron chi connectivity index (χ2n) is 12.3. The largest absolute Gasteiger partial charge is 0.820 e. The number of rotatable bonds is 8. The monoisotopic (exact) mass is 758 g/mol. The van der Waals surface area contributed by atoms with Crippen molar-refractivity contribution < 1.29 is 14.7 Å². The zero-order chi connectivity index (χ0) is 37.5. The molecule has 1 N–H and O–H groups in total. The molecular weight excluding hydrogens is 717 g/mol. The Morgan fingerprint density at radius 3 is 0.426 bits per heavy atom. The molecule has 54 heavy (non-hydrogen) atoms. The summed E-state index contributed by atoms with van der Waals surface area (Å²) in [5.74, 6) is 0. The minimum absolute atomic E-state index is 1.39. The van der Waals surface area contributed by atoms with E-state index in [1.807, 2.05) is 0 Å². The van der Waals surface area contributed by atoms with Crippen molar-refractivity contribution in [1.29, 1.82) is 0 Å². The second kappa shape index (κ2) is 19.3. The smallest absolute Gasteiger partial charge is 0.144 e. The van der Waals surface area contributed by atoms with Gasteiger partial charge in [0.1, 0.15) is 57.0 Å². The van der Waals surface area contributed by atoms with Gasteiger partial charge in [-0.1, -0.05) is 146 Å². The van der Waals surface area contributed by atoms with Gasteiger partial charge in [0.05, 0.1) is 0 Å². The van der Waals surface area contributed by atoms with E-state index in [-0.39, 0.29) is 0 Å². The van der Waals surface area contributed by atoms with E-state index in [1.165, 1.54) is 42.4 Å². The average Bonchev–Trinajstić information content (AvgIpc) is 3.25. The summed E-state index contributed by atoms with van der Waals surface area (Å²) in [5.41, 5.74) is 0. The van der Waals surface area contributed by atoms with Gasteiger partial charge in [0.25, 0.3) is 0 Å². The molecule has 0 saturated carbocycles. The SMILES string of the molecule is [O-]P([O-])O.c1ccc([P+](c2ccccc2)(c2ccccc2)c2ccccc2)cc1.c1ccc([P+](c2ccccc2)(c2ccccc2)c2ccccc2)cc1. The molecule has 0 bridgehead atoms. The molecule has 266 valence electrons. The third-order valence-corrected chi connectivity index (χ3v) is 17.7. The predicted molar refractivity (Wildman–Crippen MR) is 232 cm³/mol. The van der Waals surface area contributed by atoms with Crippen molar-refractivity contribution in [2.75, 3.05) is 0 Å². The Morgan fingerprint density at radius 2 is 0.333 bits per heavy atom. The highest BCUT2D eigenvalue weighted by Gasteiger charge is 2.48. The van der Waals surface area contributed by atoms with Crippen LogP contribution in [0.4, 0.5) is 0 Å². The first-order chi connectivity index (χ1) is 26.6. The van der Waals surface area contributed by atoms with Crippen LogP contribution in [0.15, 0.2) is 243 Å². The molecule has 3 nitrogen and oxygen atoms in total. The lowest BCUT2D eigenvalue weighted by Crippen LogP contribution is -2.38. The van der Waals surface area contributed by atoms with Crippen LogP contribution in [-0.4, -0.2) is 4.89 Å². The number of hydrogen-bond acceptors (Lipinski definition) is 3. The van der Waals surface area contributed by atoms with Crippen LogP contribution in [-0.2, 0) is 0 Å². The first-order valence-corrected chi connectivity index (χ1v) is 22.3. The lowest BCUT2D eigenvalue weighted by Gasteiger charge is -2.27. The minimum Gasteiger partial charge on any atom is -0.820 e. The Labute approximate surface area is 321 Å². The van der Waals surface area contributed by atoms with Gasteiger partial charge in [-0.15, -0.1) is 0 Å². The molecular formula is C48H41O3P3. The van der Waals surface area contributed by atoms with Gasteiger partial charge in [0.2, 0.25) is 0 Å². The van der Waals surface area contributed by atoms with Crippen molar-refractivity contribution in [1.82, 2.24) is 0 Å². The molecule has 0 aromatic heterocycles. The predicted octanol–water partition coefficient (Wildman–Crippen LogP) is 6.54.